The highest BCUT2D eigenvalue weighted by Crippen LogP contribution is 2.31. The lowest BCUT2D eigenvalue weighted by Gasteiger charge is -2.26. The van der Waals surface area contributed by atoms with Crippen molar-refractivity contribution in [3.63, 3.8) is 0 Å². The number of carbonyl (C=O) groups is 3. The lowest BCUT2D eigenvalue weighted by atomic mass is 9.81. The second-order valence-electron chi connectivity index (χ2n) is 5.81. The smallest absolute Gasteiger partial charge is 0.330 e. The maximum Gasteiger partial charge on any atom is 0.330 e. The molecule has 7 nitrogen and oxygen atoms in total. The summed E-state index contributed by atoms with van der Waals surface area (Å²) in [5.74, 6) is -2.75. The third kappa shape index (κ3) is 5.49. The lowest BCUT2D eigenvalue weighted by molar-refractivity contribution is -0.161. The van der Waals surface area contributed by atoms with Crippen molar-refractivity contribution in [1.82, 2.24) is 0 Å². The van der Waals surface area contributed by atoms with Gasteiger partial charge in [-0.05, 0) is 19.8 Å². The van der Waals surface area contributed by atoms with Crippen molar-refractivity contribution in [3.8, 4) is 0 Å². The standard InChI is InChI=1S/C17H22O7/c1-3-15(18)21-6-7-22-17(20)14-8-11(2)4-5-13(14)16(19)24-10-12-9-23-12/h3,8,12-14H,1,4-7,9-10H2,2H3. The van der Waals surface area contributed by atoms with Gasteiger partial charge in [-0.25, -0.2) is 4.79 Å². The molecule has 1 aliphatic carbocycles. The summed E-state index contributed by atoms with van der Waals surface area (Å²) in [5, 5.41) is 0. The van der Waals surface area contributed by atoms with E-state index in [0.717, 1.165) is 18.1 Å². The van der Waals surface area contributed by atoms with Gasteiger partial charge in [0.15, 0.2) is 0 Å². The average Bonchev–Trinajstić information content (AvgIpc) is 3.40. The Morgan fingerprint density at radius 2 is 1.96 bits per heavy atom. The van der Waals surface area contributed by atoms with Crippen LogP contribution in [0.25, 0.3) is 0 Å². The number of allylic oxidation sites excluding steroid dienone is 1. The number of rotatable bonds is 8. The fourth-order valence-electron chi connectivity index (χ4n) is 2.45. The van der Waals surface area contributed by atoms with Gasteiger partial charge >= 0.3 is 17.9 Å². The number of epoxide rings is 1. The summed E-state index contributed by atoms with van der Waals surface area (Å²) in [6.45, 7) is 5.88. The van der Waals surface area contributed by atoms with E-state index in [2.05, 4.69) is 6.58 Å². The topological polar surface area (TPSA) is 91.4 Å². The molecule has 0 amide bonds. The minimum absolute atomic E-state index is 0.0141. The molecule has 0 aromatic heterocycles. The summed E-state index contributed by atoms with van der Waals surface area (Å²) in [6, 6.07) is 0. The van der Waals surface area contributed by atoms with Gasteiger partial charge in [0.25, 0.3) is 0 Å². The zero-order valence-corrected chi connectivity index (χ0v) is 13.7. The number of carbonyl (C=O) groups excluding carboxylic acids is 3. The van der Waals surface area contributed by atoms with Crippen molar-refractivity contribution < 1.29 is 33.3 Å². The third-order valence-electron chi connectivity index (χ3n) is 3.87. The normalized spacial score (nSPS) is 25.2. The van der Waals surface area contributed by atoms with Crippen molar-refractivity contribution in [3.05, 3.63) is 24.3 Å². The van der Waals surface area contributed by atoms with E-state index in [1.165, 1.54) is 0 Å². The highest BCUT2D eigenvalue weighted by Gasteiger charge is 2.37. The van der Waals surface area contributed by atoms with Gasteiger partial charge in [0.2, 0.25) is 0 Å². The SMILES string of the molecule is C=CC(=O)OCCOC(=O)C1C=C(C)CCC1C(=O)OCC1CO1. The molecule has 2 aliphatic rings. The summed E-state index contributed by atoms with van der Waals surface area (Å²) < 4.78 is 20.1. The van der Waals surface area contributed by atoms with E-state index in [1.807, 2.05) is 6.92 Å². The first kappa shape index (κ1) is 18.2. The Hall–Kier alpha value is -2.15. The van der Waals surface area contributed by atoms with Crippen LogP contribution in [-0.2, 0) is 33.3 Å². The molecular weight excluding hydrogens is 316 g/mol. The van der Waals surface area contributed by atoms with Crippen molar-refractivity contribution in [2.24, 2.45) is 11.8 Å². The fraction of sp³-hybridized carbons (Fsp3) is 0.588. The number of esters is 3. The van der Waals surface area contributed by atoms with Crippen LogP contribution in [0.3, 0.4) is 0 Å². The predicted molar refractivity (Wildman–Crippen MR) is 82.8 cm³/mol. The van der Waals surface area contributed by atoms with E-state index in [-0.39, 0.29) is 25.9 Å². The number of hydrogen-bond donors (Lipinski definition) is 0. The first-order valence-electron chi connectivity index (χ1n) is 7.92. The van der Waals surface area contributed by atoms with E-state index in [0.29, 0.717) is 13.0 Å². The minimum Gasteiger partial charge on any atom is -0.463 e. The zero-order chi connectivity index (χ0) is 17.5. The molecule has 24 heavy (non-hydrogen) atoms. The Morgan fingerprint density at radius 1 is 1.25 bits per heavy atom. The molecule has 132 valence electrons. The molecule has 1 fully saturated rings. The molecule has 0 bridgehead atoms. The van der Waals surface area contributed by atoms with Crippen molar-refractivity contribution in [2.75, 3.05) is 26.4 Å². The van der Waals surface area contributed by atoms with Crippen LogP contribution in [0.1, 0.15) is 19.8 Å². The maximum absolute atomic E-state index is 12.3. The van der Waals surface area contributed by atoms with Gasteiger partial charge in [0.05, 0.1) is 18.4 Å². The molecule has 0 radical (unpaired) electrons. The van der Waals surface area contributed by atoms with Crippen LogP contribution in [0.5, 0.6) is 0 Å². The van der Waals surface area contributed by atoms with E-state index < -0.39 is 29.7 Å². The van der Waals surface area contributed by atoms with Gasteiger partial charge in [-0.15, -0.1) is 0 Å². The Morgan fingerprint density at radius 3 is 2.62 bits per heavy atom. The van der Waals surface area contributed by atoms with E-state index >= 15 is 0 Å². The van der Waals surface area contributed by atoms with Crippen LogP contribution >= 0.6 is 0 Å². The Bertz CT molecular complexity index is 533. The molecule has 0 N–H and O–H groups in total. The van der Waals surface area contributed by atoms with Crippen LogP contribution in [-0.4, -0.2) is 50.4 Å². The number of ether oxygens (including phenoxy) is 4. The molecular formula is C17H22O7. The maximum atomic E-state index is 12.3. The molecule has 1 aliphatic heterocycles. The molecule has 3 unspecified atom stereocenters. The molecule has 7 heteroatoms. The zero-order valence-electron chi connectivity index (χ0n) is 13.7. The van der Waals surface area contributed by atoms with Gasteiger partial charge in [0, 0.05) is 6.08 Å². The molecule has 1 saturated heterocycles. The molecule has 0 aromatic carbocycles. The summed E-state index contributed by atoms with van der Waals surface area (Å²) in [5.41, 5.74) is 1.03. The second-order valence-corrected chi connectivity index (χ2v) is 5.81. The Labute approximate surface area is 140 Å². The summed E-state index contributed by atoms with van der Waals surface area (Å²) in [7, 11) is 0. The van der Waals surface area contributed by atoms with E-state index in [4.69, 9.17) is 18.9 Å². The second kappa shape index (κ2) is 8.63. The highest BCUT2D eigenvalue weighted by atomic mass is 16.6. The first-order chi connectivity index (χ1) is 11.5. The van der Waals surface area contributed by atoms with Crippen LogP contribution in [0, 0.1) is 11.8 Å². The van der Waals surface area contributed by atoms with Gasteiger partial charge in [-0.2, -0.15) is 0 Å². The molecule has 1 heterocycles. The number of hydrogen-bond acceptors (Lipinski definition) is 7. The van der Waals surface area contributed by atoms with Gasteiger partial charge in [-0.3, -0.25) is 9.59 Å². The summed E-state index contributed by atoms with van der Waals surface area (Å²) in [6.07, 6.45) is 4.05. The van der Waals surface area contributed by atoms with Gasteiger partial charge < -0.3 is 18.9 Å². The molecule has 0 spiro atoms. The summed E-state index contributed by atoms with van der Waals surface area (Å²) >= 11 is 0. The quantitative estimate of drug-likeness (QED) is 0.164. The van der Waals surface area contributed by atoms with E-state index in [1.54, 1.807) is 6.08 Å². The van der Waals surface area contributed by atoms with Gasteiger partial charge in [-0.1, -0.05) is 18.2 Å². The van der Waals surface area contributed by atoms with Crippen LogP contribution in [0.15, 0.2) is 24.3 Å². The largest absolute Gasteiger partial charge is 0.463 e. The predicted octanol–water partition coefficient (Wildman–Crippen LogP) is 1.17. The molecule has 2 rings (SSSR count). The minimum atomic E-state index is -0.679. The molecule has 0 aromatic rings. The van der Waals surface area contributed by atoms with Crippen molar-refractivity contribution in [2.45, 2.75) is 25.9 Å². The summed E-state index contributed by atoms with van der Waals surface area (Å²) in [4.78, 5) is 35.4. The molecule has 0 saturated carbocycles. The lowest BCUT2D eigenvalue weighted by Crippen LogP contribution is -2.34. The van der Waals surface area contributed by atoms with Crippen LogP contribution in [0.4, 0.5) is 0 Å². The fourth-order valence-corrected chi connectivity index (χ4v) is 2.45. The average molecular weight is 338 g/mol. The highest BCUT2D eigenvalue weighted by molar-refractivity contribution is 5.84. The molecule has 3 atom stereocenters. The van der Waals surface area contributed by atoms with Crippen molar-refractivity contribution >= 4 is 17.9 Å². The van der Waals surface area contributed by atoms with Gasteiger partial charge in [0.1, 0.15) is 25.9 Å². The Balaban J connectivity index is 1.85. The Kier molecular flexibility index (Phi) is 6.54. The van der Waals surface area contributed by atoms with Crippen LogP contribution < -0.4 is 0 Å². The van der Waals surface area contributed by atoms with E-state index in [9.17, 15) is 14.4 Å². The third-order valence-corrected chi connectivity index (χ3v) is 3.87. The van der Waals surface area contributed by atoms with Crippen LogP contribution in [0.2, 0.25) is 0 Å². The first-order valence-corrected chi connectivity index (χ1v) is 7.92. The van der Waals surface area contributed by atoms with Crippen molar-refractivity contribution in [1.29, 1.82) is 0 Å². The monoisotopic (exact) mass is 338 g/mol.